The van der Waals surface area contributed by atoms with Gasteiger partial charge >= 0.3 is 0 Å². The lowest BCUT2D eigenvalue weighted by molar-refractivity contribution is 0.422. The molecule has 0 saturated heterocycles. The van der Waals surface area contributed by atoms with Gasteiger partial charge in [-0.25, -0.2) is 0 Å². The van der Waals surface area contributed by atoms with Gasteiger partial charge in [0, 0.05) is 5.92 Å². The Bertz CT molecular complexity index is 568. The Labute approximate surface area is 121 Å². The number of benzene rings is 2. The summed E-state index contributed by atoms with van der Waals surface area (Å²) in [5.74, 6) is 0.177. The molecule has 0 fully saturated rings. The average Bonchev–Trinajstić information content (AvgIpc) is 2.54. The van der Waals surface area contributed by atoms with Crippen LogP contribution in [0, 0.1) is 11.3 Å². The summed E-state index contributed by atoms with van der Waals surface area (Å²) in [6.45, 7) is 4.31. The lowest BCUT2D eigenvalue weighted by Crippen LogP contribution is -2.30. The number of nitriles is 1. The molecule has 0 aliphatic carbocycles. The van der Waals surface area contributed by atoms with E-state index in [1.807, 2.05) is 36.4 Å². The highest BCUT2D eigenvalue weighted by molar-refractivity contribution is 5.39. The molecule has 0 aliphatic heterocycles. The van der Waals surface area contributed by atoms with Crippen LogP contribution in [0.4, 0.5) is 0 Å². The highest BCUT2D eigenvalue weighted by Crippen LogP contribution is 2.42. The van der Waals surface area contributed by atoms with Gasteiger partial charge in [0.25, 0.3) is 0 Å². The molecule has 2 aromatic rings. The highest BCUT2D eigenvalue weighted by atomic mass is 14.4. The minimum atomic E-state index is -0.447. The first-order valence-electron chi connectivity index (χ1n) is 7.26. The Morgan fingerprint density at radius 1 is 1.00 bits per heavy atom. The van der Waals surface area contributed by atoms with Crippen molar-refractivity contribution >= 4 is 0 Å². The van der Waals surface area contributed by atoms with E-state index in [2.05, 4.69) is 44.2 Å². The van der Waals surface area contributed by atoms with Gasteiger partial charge in [0.2, 0.25) is 0 Å². The van der Waals surface area contributed by atoms with E-state index in [-0.39, 0.29) is 5.92 Å². The molecule has 2 rings (SSSR count). The van der Waals surface area contributed by atoms with Gasteiger partial charge in [0.1, 0.15) is 0 Å². The number of hydrogen-bond donors (Lipinski definition) is 0. The normalized spacial score (nSPS) is 15.1. The molecule has 0 bridgehead atoms. The van der Waals surface area contributed by atoms with Crippen LogP contribution >= 0.6 is 0 Å². The number of hydrogen-bond acceptors (Lipinski definition) is 1. The monoisotopic (exact) mass is 263 g/mol. The predicted octanol–water partition coefficient (Wildman–Crippen LogP) is 5.05. The van der Waals surface area contributed by atoms with Crippen molar-refractivity contribution in [1.82, 2.24) is 0 Å². The van der Waals surface area contributed by atoms with Gasteiger partial charge in [-0.3, -0.25) is 0 Å². The molecule has 0 radical (unpaired) electrons. The van der Waals surface area contributed by atoms with Crippen LogP contribution in [0.3, 0.4) is 0 Å². The number of nitrogens with zero attached hydrogens (tertiary/aromatic N) is 1. The summed E-state index contributed by atoms with van der Waals surface area (Å²) in [5.41, 5.74) is 1.91. The Balaban J connectivity index is 2.50. The molecular formula is C19H21N. The summed E-state index contributed by atoms with van der Waals surface area (Å²) in [5, 5.41) is 9.94. The Morgan fingerprint density at radius 2 is 1.55 bits per heavy atom. The van der Waals surface area contributed by atoms with Gasteiger partial charge in [-0.2, -0.15) is 5.26 Å². The van der Waals surface area contributed by atoms with Crippen molar-refractivity contribution in [3.8, 4) is 6.07 Å². The summed E-state index contributed by atoms with van der Waals surface area (Å²) in [6.07, 6.45) is 1.88. The molecule has 0 N–H and O–H groups in total. The van der Waals surface area contributed by atoms with Gasteiger partial charge in [-0.15, -0.1) is 0 Å². The summed E-state index contributed by atoms with van der Waals surface area (Å²) in [6, 6.07) is 23.2. The van der Waals surface area contributed by atoms with E-state index in [0.717, 1.165) is 18.4 Å². The van der Waals surface area contributed by atoms with Gasteiger partial charge in [-0.05, 0) is 17.5 Å². The summed E-state index contributed by atoms with van der Waals surface area (Å²) in [7, 11) is 0. The van der Waals surface area contributed by atoms with Crippen LogP contribution in [0.1, 0.15) is 43.7 Å². The number of rotatable bonds is 5. The molecule has 0 heterocycles. The first kappa shape index (κ1) is 14.3. The smallest absolute Gasteiger partial charge is 0.0887 e. The predicted molar refractivity (Wildman–Crippen MR) is 83.5 cm³/mol. The van der Waals surface area contributed by atoms with Crippen molar-refractivity contribution in [1.29, 1.82) is 5.26 Å². The third kappa shape index (κ3) is 2.60. The molecule has 2 aromatic carbocycles. The summed E-state index contributed by atoms with van der Waals surface area (Å²) in [4.78, 5) is 0. The lowest BCUT2D eigenvalue weighted by atomic mass is 9.67. The molecule has 0 aromatic heterocycles. The average molecular weight is 263 g/mol. The van der Waals surface area contributed by atoms with Gasteiger partial charge in [0.15, 0.2) is 0 Å². The second kappa shape index (κ2) is 6.39. The molecule has 0 spiro atoms. The second-order valence-corrected chi connectivity index (χ2v) is 5.33. The fourth-order valence-corrected chi connectivity index (χ4v) is 2.98. The molecule has 1 nitrogen and oxygen atoms in total. The van der Waals surface area contributed by atoms with Crippen LogP contribution in [0.5, 0.6) is 0 Å². The quantitative estimate of drug-likeness (QED) is 0.740. The minimum Gasteiger partial charge on any atom is -0.197 e. The summed E-state index contributed by atoms with van der Waals surface area (Å²) < 4.78 is 0. The highest BCUT2D eigenvalue weighted by Gasteiger charge is 2.38. The van der Waals surface area contributed by atoms with Crippen LogP contribution in [-0.4, -0.2) is 0 Å². The molecule has 2 atom stereocenters. The van der Waals surface area contributed by atoms with Gasteiger partial charge in [0.05, 0.1) is 11.5 Å². The van der Waals surface area contributed by atoms with Crippen molar-refractivity contribution in [2.75, 3.05) is 0 Å². The van der Waals surface area contributed by atoms with E-state index in [4.69, 9.17) is 0 Å². The molecule has 20 heavy (non-hydrogen) atoms. The van der Waals surface area contributed by atoms with Crippen molar-refractivity contribution in [3.05, 3.63) is 71.8 Å². The molecule has 0 amide bonds. The third-order valence-electron chi connectivity index (χ3n) is 4.17. The van der Waals surface area contributed by atoms with Crippen LogP contribution in [-0.2, 0) is 5.41 Å². The standard InChI is InChI=1S/C19H21N/c1-3-14-19(15-20,18-12-8-5-9-13-18)16(2)17-10-6-4-7-11-17/h4-13,16H,3,14H2,1-2H3. The zero-order chi connectivity index (χ0) is 14.4. The van der Waals surface area contributed by atoms with Gasteiger partial charge in [-0.1, -0.05) is 80.9 Å². The zero-order valence-corrected chi connectivity index (χ0v) is 12.2. The molecule has 1 heteroatoms. The third-order valence-corrected chi connectivity index (χ3v) is 4.17. The van der Waals surface area contributed by atoms with Crippen molar-refractivity contribution in [3.63, 3.8) is 0 Å². The second-order valence-electron chi connectivity index (χ2n) is 5.33. The van der Waals surface area contributed by atoms with E-state index >= 15 is 0 Å². The van der Waals surface area contributed by atoms with Crippen LogP contribution in [0.15, 0.2) is 60.7 Å². The van der Waals surface area contributed by atoms with E-state index in [0.29, 0.717) is 0 Å². The fraction of sp³-hybridized carbons (Fsp3) is 0.316. The van der Waals surface area contributed by atoms with Crippen molar-refractivity contribution < 1.29 is 0 Å². The van der Waals surface area contributed by atoms with E-state index in [9.17, 15) is 5.26 Å². The molecule has 0 aliphatic rings. The SMILES string of the molecule is CCCC(C#N)(c1ccccc1)C(C)c1ccccc1. The van der Waals surface area contributed by atoms with E-state index in [1.165, 1.54) is 5.56 Å². The topological polar surface area (TPSA) is 23.8 Å². The first-order valence-corrected chi connectivity index (χ1v) is 7.26. The Hall–Kier alpha value is -2.07. The molecule has 2 unspecified atom stereocenters. The van der Waals surface area contributed by atoms with Crippen LogP contribution in [0.25, 0.3) is 0 Å². The minimum absolute atomic E-state index is 0.177. The lowest BCUT2D eigenvalue weighted by Gasteiger charge is -2.33. The van der Waals surface area contributed by atoms with Crippen LogP contribution in [0.2, 0.25) is 0 Å². The maximum Gasteiger partial charge on any atom is 0.0887 e. The molecule has 102 valence electrons. The fourth-order valence-electron chi connectivity index (χ4n) is 2.98. The zero-order valence-electron chi connectivity index (χ0n) is 12.2. The largest absolute Gasteiger partial charge is 0.197 e. The Kier molecular flexibility index (Phi) is 4.58. The molecule has 0 saturated carbocycles. The maximum absolute atomic E-state index is 9.94. The maximum atomic E-state index is 9.94. The molecular weight excluding hydrogens is 242 g/mol. The van der Waals surface area contributed by atoms with Crippen molar-refractivity contribution in [2.24, 2.45) is 0 Å². The van der Waals surface area contributed by atoms with Crippen LogP contribution < -0.4 is 0 Å². The van der Waals surface area contributed by atoms with Crippen molar-refractivity contribution in [2.45, 2.75) is 38.0 Å². The Morgan fingerprint density at radius 3 is 2.05 bits per heavy atom. The van der Waals surface area contributed by atoms with Gasteiger partial charge < -0.3 is 0 Å². The van der Waals surface area contributed by atoms with E-state index in [1.54, 1.807) is 0 Å². The first-order chi connectivity index (χ1) is 9.74. The summed E-state index contributed by atoms with van der Waals surface area (Å²) >= 11 is 0. The van der Waals surface area contributed by atoms with E-state index < -0.39 is 5.41 Å².